The lowest BCUT2D eigenvalue weighted by atomic mass is 10.4. The minimum atomic E-state index is 0.404. The predicted molar refractivity (Wildman–Crippen MR) is 61.8 cm³/mol. The van der Waals surface area contributed by atoms with Gasteiger partial charge in [-0.3, -0.25) is 0 Å². The first-order valence-electron chi connectivity index (χ1n) is 3.80. The van der Waals surface area contributed by atoms with Crippen LogP contribution in [0, 0.1) is 11.3 Å². The third-order valence-corrected chi connectivity index (χ3v) is 5.00. The van der Waals surface area contributed by atoms with E-state index in [-0.39, 0.29) is 0 Å². The van der Waals surface area contributed by atoms with Crippen molar-refractivity contribution in [3.8, 4) is 6.07 Å². The molecule has 1 aliphatic heterocycles. The van der Waals surface area contributed by atoms with E-state index < -0.39 is 0 Å². The van der Waals surface area contributed by atoms with Crippen molar-refractivity contribution in [1.82, 2.24) is 10.2 Å². The highest BCUT2D eigenvalue weighted by Crippen LogP contribution is 2.41. The van der Waals surface area contributed by atoms with Crippen LogP contribution in [0.15, 0.2) is 4.24 Å². The molecular weight excluding hydrogens is 236 g/mol. The van der Waals surface area contributed by atoms with Gasteiger partial charge in [0.1, 0.15) is 11.6 Å². The van der Waals surface area contributed by atoms with E-state index >= 15 is 0 Å². The van der Waals surface area contributed by atoms with Crippen LogP contribution in [0.25, 0.3) is 5.57 Å². The summed E-state index contributed by atoms with van der Waals surface area (Å²) < 4.78 is 1.05. The fraction of sp³-hybridized carbons (Fsp3) is 0.286. The van der Waals surface area contributed by atoms with E-state index in [1.807, 2.05) is 0 Å². The van der Waals surface area contributed by atoms with Gasteiger partial charge in [0.05, 0.1) is 4.24 Å². The van der Waals surface area contributed by atoms with Gasteiger partial charge in [-0.15, -0.1) is 33.7 Å². The molecule has 14 heavy (non-hydrogen) atoms. The maximum atomic E-state index is 9.01. The Hall–Kier alpha value is -0.710. The van der Waals surface area contributed by atoms with E-state index in [1.165, 1.54) is 11.3 Å². The molecule has 2 rings (SSSR count). The van der Waals surface area contributed by atoms with E-state index in [1.54, 1.807) is 23.5 Å². The van der Waals surface area contributed by atoms with Gasteiger partial charge < -0.3 is 5.73 Å². The number of aromatic nitrogens is 2. The van der Waals surface area contributed by atoms with E-state index in [4.69, 9.17) is 11.0 Å². The van der Waals surface area contributed by atoms with E-state index in [0.29, 0.717) is 15.7 Å². The molecule has 0 radical (unpaired) electrons. The smallest absolute Gasteiger partial charge is 0.203 e. The van der Waals surface area contributed by atoms with Crippen LogP contribution in [0.5, 0.6) is 0 Å². The minimum absolute atomic E-state index is 0.404. The van der Waals surface area contributed by atoms with Crippen LogP contribution in [-0.4, -0.2) is 21.7 Å². The first-order valence-corrected chi connectivity index (χ1v) is 6.59. The van der Waals surface area contributed by atoms with Crippen LogP contribution in [-0.2, 0) is 0 Å². The second-order valence-electron chi connectivity index (χ2n) is 2.42. The molecule has 0 bridgehead atoms. The van der Waals surface area contributed by atoms with Crippen LogP contribution in [0.4, 0.5) is 5.13 Å². The lowest BCUT2D eigenvalue weighted by Crippen LogP contribution is -1.82. The summed E-state index contributed by atoms with van der Waals surface area (Å²) in [6, 6.07) is 2.16. The summed E-state index contributed by atoms with van der Waals surface area (Å²) >= 11 is 4.65. The van der Waals surface area contributed by atoms with Crippen molar-refractivity contribution in [2.24, 2.45) is 0 Å². The third kappa shape index (κ3) is 1.87. The van der Waals surface area contributed by atoms with Gasteiger partial charge in [0, 0.05) is 11.5 Å². The molecule has 2 heterocycles. The molecule has 2 N–H and O–H groups in total. The van der Waals surface area contributed by atoms with Gasteiger partial charge in [-0.25, -0.2) is 0 Å². The normalized spacial score (nSPS) is 15.5. The Balaban J connectivity index is 2.39. The molecule has 0 spiro atoms. The Morgan fingerprint density at radius 3 is 2.57 bits per heavy atom. The number of nitrogens with two attached hydrogens (primary N) is 1. The summed E-state index contributed by atoms with van der Waals surface area (Å²) in [5.74, 6) is 2.11. The maximum absolute atomic E-state index is 9.01. The van der Waals surface area contributed by atoms with Gasteiger partial charge in [-0.05, 0) is 0 Å². The van der Waals surface area contributed by atoms with Crippen LogP contribution in [0.3, 0.4) is 0 Å². The average molecular weight is 242 g/mol. The van der Waals surface area contributed by atoms with Crippen molar-refractivity contribution < 1.29 is 0 Å². The van der Waals surface area contributed by atoms with Crippen LogP contribution in [0.1, 0.15) is 5.01 Å². The second-order valence-corrected chi connectivity index (χ2v) is 5.89. The van der Waals surface area contributed by atoms with Crippen LogP contribution >= 0.6 is 34.9 Å². The summed E-state index contributed by atoms with van der Waals surface area (Å²) in [6.07, 6.45) is 0. The molecule has 7 heteroatoms. The number of nitriles is 1. The Kier molecular flexibility index (Phi) is 2.96. The van der Waals surface area contributed by atoms with E-state index in [0.717, 1.165) is 15.7 Å². The Morgan fingerprint density at radius 2 is 2.07 bits per heavy atom. The van der Waals surface area contributed by atoms with E-state index in [9.17, 15) is 0 Å². The number of hydrogen-bond donors (Lipinski definition) is 1. The lowest BCUT2D eigenvalue weighted by Gasteiger charge is -1.95. The van der Waals surface area contributed by atoms with Gasteiger partial charge in [0.2, 0.25) is 5.13 Å². The first kappa shape index (κ1) is 9.83. The molecule has 0 amide bonds. The SMILES string of the molecule is N#CC(=C1SCCS1)c1nnc(N)s1. The molecule has 1 saturated heterocycles. The van der Waals surface area contributed by atoms with Gasteiger partial charge in [0.25, 0.3) is 0 Å². The molecule has 4 nitrogen and oxygen atoms in total. The standard InChI is InChI=1S/C7H6N4S3/c8-3-4(6-12-1-2-13-6)5-10-11-7(9)14-5/h1-2H2,(H2,9,11). The number of allylic oxidation sites excluding steroid dienone is 1. The molecule has 72 valence electrons. The van der Waals surface area contributed by atoms with Crippen molar-refractivity contribution in [2.45, 2.75) is 0 Å². The summed E-state index contributed by atoms with van der Waals surface area (Å²) in [5.41, 5.74) is 6.09. The second kappa shape index (κ2) is 4.21. The van der Waals surface area contributed by atoms with Gasteiger partial charge in [0.15, 0.2) is 5.01 Å². The highest BCUT2D eigenvalue weighted by atomic mass is 32.2. The Morgan fingerprint density at radius 1 is 1.36 bits per heavy atom. The summed E-state index contributed by atoms with van der Waals surface area (Å²) in [6.45, 7) is 0. The number of anilines is 1. The summed E-state index contributed by atoms with van der Waals surface area (Å²) in [5, 5.41) is 17.6. The zero-order valence-electron chi connectivity index (χ0n) is 7.06. The molecule has 0 aromatic carbocycles. The number of nitrogen functional groups attached to an aromatic ring is 1. The molecule has 1 aromatic rings. The van der Waals surface area contributed by atoms with Gasteiger partial charge in [-0.2, -0.15) is 5.26 Å². The van der Waals surface area contributed by atoms with Crippen LogP contribution in [0.2, 0.25) is 0 Å². The monoisotopic (exact) mass is 242 g/mol. The Bertz CT molecular complexity index is 409. The highest BCUT2D eigenvalue weighted by Gasteiger charge is 2.18. The summed E-state index contributed by atoms with van der Waals surface area (Å²) in [7, 11) is 0. The van der Waals surface area contributed by atoms with Crippen molar-refractivity contribution in [3.05, 3.63) is 9.24 Å². The zero-order valence-corrected chi connectivity index (χ0v) is 9.51. The average Bonchev–Trinajstić information content (AvgIpc) is 2.79. The zero-order chi connectivity index (χ0) is 9.97. The molecule has 1 aliphatic rings. The van der Waals surface area contributed by atoms with Crippen LogP contribution < -0.4 is 5.73 Å². The largest absolute Gasteiger partial charge is 0.374 e. The molecule has 1 aromatic heterocycles. The fourth-order valence-corrected chi connectivity index (χ4v) is 4.16. The lowest BCUT2D eigenvalue weighted by molar-refractivity contribution is 1.08. The van der Waals surface area contributed by atoms with E-state index in [2.05, 4.69) is 16.3 Å². The molecule has 0 atom stereocenters. The quantitative estimate of drug-likeness (QED) is 0.757. The molecule has 0 saturated carbocycles. The minimum Gasteiger partial charge on any atom is -0.374 e. The summed E-state index contributed by atoms with van der Waals surface area (Å²) in [4.78, 5) is 0. The number of thioether (sulfide) groups is 2. The fourth-order valence-electron chi connectivity index (χ4n) is 0.971. The van der Waals surface area contributed by atoms with Crippen molar-refractivity contribution in [3.63, 3.8) is 0 Å². The topological polar surface area (TPSA) is 75.6 Å². The number of rotatable bonds is 1. The first-order chi connectivity index (χ1) is 6.81. The molecule has 0 aliphatic carbocycles. The molecule has 0 unspecified atom stereocenters. The predicted octanol–water partition coefficient (Wildman–Crippen LogP) is 1.79. The van der Waals surface area contributed by atoms with Crippen molar-refractivity contribution in [2.75, 3.05) is 17.2 Å². The molecule has 1 fully saturated rings. The van der Waals surface area contributed by atoms with Crippen molar-refractivity contribution >= 4 is 45.6 Å². The molecular formula is C7H6N4S3. The highest BCUT2D eigenvalue weighted by molar-refractivity contribution is 8.25. The number of hydrogen-bond acceptors (Lipinski definition) is 7. The third-order valence-electron chi connectivity index (χ3n) is 1.52. The number of nitrogens with zero attached hydrogens (tertiary/aromatic N) is 3. The van der Waals surface area contributed by atoms with Gasteiger partial charge in [-0.1, -0.05) is 11.3 Å². The van der Waals surface area contributed by atoms with Crippen molar-refractivity contribution in [1.29, 1.82) is 5.26 Å². The maximum Gasteiger partial charge on any atom is 0.203 e. The Labute approximate surface area is 93.6 Å². The van der Waals surface area contributed by atoms with Gasteiger partial charge >= 0.3 is 0 Å².